The van der Waals surface area contributed by atoms with Crippen molar-refractivity contribution in [2.75, 3.05) is 13.2 Å². The third-order valence-electron chi connectivity index (χ3n) is 14.6. The fraction of sp³-hybridized carbons (Fsp3) is 1.00. The van der Waals surface area contributed by atoms with E-state index >= 15 is 0 Å². The van der Waals surface area contributed by atoms with Crippen LogP contribution in [0, 0.1) is 46.3 Å². The minimum Gasteiger partial charge on any atom is -0.393 e. The summed E-state index contributed by atoms with van der Waals surface area (Å²) in [7, 11) is 0. The van der Waals surface area contributed by atoms with Crippen molar-refractivity contribution >= 4 is 0 Å². The van der Waals surface area contributed by atoms with Crippen molar-refractivity contribution in [3.8, 4) is 0 Å². The van der Waals surface area contributed by atoms with E-state index < -0.39 is 78.3 Å². The summed E-state index contributed by atoms with van der Waals surface area (Å²) in [6.07, 6.45) is -6.33. The van der Waals surface area contributed by atoms with Gasteiger partial charge in [0.25, 0.3) is 0 Å². The van der Waals surface area contributed by atoms with E-state index in [0.29, 0.717) is 32.1 Å². The predicted molar refractivity (Wildman–Crippen MR) is 178 cm³/mol. The Labute approximate surface area is 295 Å². The van der Waals surface area contributed by atoms with Crippen LogP contribution in [0.25, 0.3) is 0 Å². The van der Waals surface area contributed by atoms with Gasteiger partial charge in [0.05, 0.1) is 43.2 Å². The first-order valence-corrected chi connectivity index (χ1v) is 19.1. The van der Waals surface area contributed by atoms with Gasteiger partial charge in [0.2, 0.25) is 0 Å². The Morgan fingerprint density at radius 1 is 0.700 bits per heavy atom. The van der Waals surface area contributed by atoms with Gasteiger partial charge in [-0.3, -0.25) is 0 Å². The Bertz CT molecular complexity index is 1160. The highest BCUT2D eigenvalue weighted by Gasteiger charge is 2.71. The molecular formula is C37H64O13. The lowest BCUT2D eigenvalue weighted by Gasteiger charge is -2.66. The van der Waals surface area contributed by atoms with Crippen molar-refractivity contribution in [1.29, 1.82) is 0 Å². The number of rotatable bonds is 9. The van der Waals surface area contributed by atoms with Gasteiger partial charge in [0, 0.05) is 12.3 Å². The first-order valence-electron chi connectivity index (χ1n) is 19.1. The fourth-order valence-corrected chi connectivity index (χ4v) is 11.9. The average molecular weight is 717 g/mol. The van der Waals surface area contributed by atoms with Gasteiger partial charge in [-0.15, -0.1) is 0 Å². The summed E-state index contributed by atoms with van der Waals surface area (Å²) < 4.78 is 23.3. The van der Waals surface area contributed by atoms with Gasteiger partial charge in [-0.2, -0.15) is 0 Å². The first-order chi connectivity index (χ1) is 23.4. The highest BCUT2D eigenvalue weighted by Crippen LogP contribution is 2.70. The molecule has 50 heavy (non-hydrogen) atoms. The third kappa shape index (κ3) is 6.73. The van der Waals surface area contributed by atoms with Crippen LogP contribution in [-0.2, 0) is 18.9 Å². The normalized spacial score (nSPS) is 53.7. The molecule has 17 unspecified atom stereocenters. The predicted octanol–water partition coefficient (Wildman–Crippen LogP) is 0.423. The summed E-state index contributed by atoms with van der Waals surface area (Å²) in [5.74, 6) is -0.240. The minimum atomic E-state index is -1.38. The van der Waals surface area contributed by atoms with Crippen LogP contribution in [0.1, 0.15) is 92.4 Å². The van der Waals surface area contributed by atoms with E-state index in [1.165, 1.54) is 0 Å². The summed E-state index contributed by atoms with van der Waals surface area (Å²) in [5, 5.41) is 97.1. The van der Waals surface area contributed by atoms with Gasteiger partial charge in [-0.25, -0.2) is 0 Å². The molecule has 6 fully saturated rings. The van der Waals surface area contributed by atoms with Crippen LogP contribution < -0.4 is 0 Å². The van der Waals surface area contributed by atoms with E-state index in [1.54, 1.807) is 0 Å². The molecule has 6 aliphatic rings. The fourth-order valence-electron chi connectivity index (χ4n) is 11.9. The molecule has 0 aromatic heterocycles. The average Bonchev–Trinajstić information content (AvgIpc) is 3.34. The number of fused-ring (bicyclic) bond motifs is 5. The maximum Gasteiger partial charge on any atom is 0.186 e. The summed E-state index contributed by atoms with van der Waals surface area (Å²) in [6, 6.07) is 0. The molecule has 9 N–H and O–H groups in total. The molecule has 0 spiro atoms. The Hall–Kier alpha value is -0.520. The van der Waals surface area contributed by atoms with Crippen molar-refractivity contribution in [3.63, 3.8) is 0 Å². The zero-order valence-electron chi connectivity index (χ0n) is 30.3. The van der Waals surface area contributed by atoms with Gasteiger partial charge in [0.15, 0.2) is 12.6 Å². The summed E-state index contributed by atoms with van der Waals surface area (Å²) in [6.45, 7) is 10.4. The molecule has 2 heterocycles. The highest BCUT2D eigenvalue weighted by molar-refractivity contribution is 5.20. The van der Waals surface area contributed by atoms with E-state index in [-0.39, 0.29) is 66.8 Å². The van der Waals surface area contributed by atoms with Crippen molar-refractivity contribution in [2.24, 2.45) is 46.3 Å². The maximum absolute atomic E-state index is 12.8. The van der Waals surface area contributed by atoms with Crippen molar-refractivity contribution in [3.05, 3.63) is 0 Å². The molecule has 4 aliphatic carbocycles. The van der Waals surface area contributed by atoms with E-state index in [9.17, 15) is 46.0 Å². The number of aliphatic hydroxyl groups excluding tert-OH is 8. The van der Waals surface area contributed by atoms with Gasteiger partial charge in [0.1, 0.15) is 36.6 Å². The number of hydrogen-bond donors (Lipinski definition) is 9. The lowest BCUT2D eigenvalue weighted by atomic mass is 9.42. The summed E-state index contributed by atoms with van der Waals surface area (Å²) >= 11 is 0. The molecule has 0 aromatic carbocycles. The zero-order chi connectivity index (χ0) is 36.5. The molecule has 290 valence electrons. The largest absolute Gasteiger partial charge is 0.393 e. The molecule has 4 saturated carbocycles. The second kappa shape index (κ2) is 14.6. The smallest absolute Gasteiger partial charge is 0.186 e. The van der Waals surface area contributed by atoms with Gasteiger partial charge in [-0.1, -0.05) is 34.6 Å². The van der Waals surface area contributed by atoms with E-state index in [2.05, 4.69) is 20.8 Å². The van der Waals surface area contributed by atoms with Crippen LogP contribution in [0.4, 0.5) is 0 Å². The van der Waals surface area contributed by atoms with Crippen molar-refractivity contribution in [2.45, 2.75) is 172 Å². The SMILES string of the molecule is CC(C)C(CCC(C)C1CC(O)C2C3(O)C[C@H](O)C4CC(OC5OCC(O)C(O)C5O)CC[C@]4(C)C3CC[C@]12C)OC1OCC(O)C(O)C1O. The Kier molecular flexibility index (Phi) is 11.5. The lowest BCUT2D eigenvalue weighted by molar-refractivity contribution is -0.300. The number of ether oxygens (including phenoxy) is 4. The van der Waals surface area contributed by atoms with E-state index in [0.717, 1.165) is 19.3 Å². The third-order valence-corrected chi connectivity index (χ3v) is 14.6. The maximum atomic E-state index is 12.8. The second-order valence-corrected chi connectivity index (χ2v) is 17.9. The van der Waals surface area contributed by atoms with Crippen molar-refractivity contribution < 1.29 is 64.9 Å². The van der Waals surface area contributed by atoms with Crippen LogP contribution in [0.3, 0.4) is 0 Å². The first kappa shape index (κ1) is 39.2. The monoisotopic (exact) mass is 716 g/mol. The molecule has 0 radical (unpaired) electrons. The van der Waals surface area contributed by atoms with Crippen LogP contribution in [0.2, 0.25) is 0 Å². The zero-order valence-corrected chi connectivity index (χ0v) is 30.3. The van der Waals surface area contributed by atoms with Gasteiger partial charge in [-0.05, 0) is 91.8 Å². The van der Waals surface area contributed by atoms with Crippen LogP contribution >= 0.6 is 0 Å². The molecule has 0 amide bonds. The molecular weight excluding hydrogens is 652 g/mol. The molecule has 13 heteroatoms. The van der Waals surface area contributed by atoms with Crippen LogP contribution in [0.5, 0.6) is 0 Å². The molecule has 6 rings (SSSR count). The van der Waals surface area contributed by atoms with Crippen LogP contribution in [-0.4, -0.2) is 138 Å². The lowest BCUT2D eigenvalue weighted by Crippen LogP contribution is -2.68. The molecule has 0 bridgehead atoms. The number of hydrogen-bond acceptors (Lipinski definition) is 13. The van der Waals surface area contributed by atoms with Gasteiger partial charge < -0.3 is 64.9 Å². The van der Waals surface area contributed by atoms with Crippen molar-refractivity contribution in [1.82, 2.24) is 0 Å². The molecule has 2 aliphatic heterocycles. The van der Waals surface area contributed by atoms with E-state index in [1.807, 2.05) is 13.8 Å². The standard InChI is InChI=1S/C37H64O13/c1-17(2)26(50-34-31(45)29(43)25(41)16-48-34)7-6-18(3)20-13-22(38)32-36(20,5)11-9-27-35(4)10-8-19(12-21(35)23(39)14-37(27,32)46)49-33-30(44)28(42)24(40)15-47-33/h17-34,38-46H,6-16H2,1-5H3/t18?,19?,20?,21?,22?,23-,24?,25?,26?,27?,28?,29?,30?,31?,32?,33?,34?,35-,36+,37?/m0/s1. The Morgan fingerprint density at radius 3 is 1.94 bits per heavy atom. The minimum absolute atomic E-state index is 0.105. The summed E-state index contributed by atoms with van der Waals surface area (Å²) in [5.41, 5.74) is -1.98. The number of aliphatic hydroxyl groups is 9. The Balaban J connectivity index is 1.12. The molecule has 2 saturated heterocycles. The topological polar surface area (TPSA) is 219 Å². The van der Waals surface area contributed by atoms with E-state index in [4.69, 9.17) is 18.9 Å². The second-order valence-electron chi connectivity index (χ2n) is 17.9. The van der Waals surface area contributed by atoms with Gasteiger partial charge >= 0.3 is 0 Å². The molecule has 20 atom stereocenters. The van der Waals surface area contributed by atoms with Crippen LogP contribution in [0.15, 0.2) is 0 Å². The molecule has 0 aromatic rings. The molecule has 13 nitrogen and oxygen atoms in total. The Morgan fingerprint density at radius 2 is 1.30 bits per heavy atom. The quantitative estimate of drug-likeness (QED) is 0.148. The highest BCUT2D eigenvalue weighted by atomic mass is 16.7. The summed E-state index contributed by atoms with van der Waals surface area (Å²) in [4.78, 5) is 0.